The van der Waals surface area contributed by atoms with Gasteiger partial charge in [-0.05, 0) is 0 Å². The highest BCUT2D eigenvalue weighted by atomic mass is 16.1. The van der Waals surface area contributed by atoms with Crippen LogP contribution in [0, 0.1) is 0 Å². The van der Waals surface area contributed by atoms with Gasteiger partial charge in [0.15, 0.2) is 0 Å². The van der Waals surface area contributed by atoms with Crippen LogP contribution in [0.2, 0.25) is 0 Å². The van der Waals surface area contributed by atoms with Crippen LogP contribution in [0.1, 0.15) is 0 Å². The third-order valence-corrected chi connectivity index (χ3v) is 1.25. The molecule has 56 valence electrons. The number of hydrazine groups is 2. The van der Waals surface area contributed by atoms with Crippen molar-refractivity contribution in [2.75, 3.05) is 13.1 Å². The largest absolute Gasteiger partial charge is 0.325 e. The van der Waals surface area contributed by atoms with E-state index in [9.17, 15) is 4.79 Å². The van der Waals surface area contributed by atoms with E-state index in [1.54, 1.807) is 11.2 Å². The number of nitrogens with two attached hydrogens (primary N) is 1. The first-order valence-corrected chi connectivity index (χ1v) is 3.00. The van der Waals surface area contributed by atoms with Gasteiger partial charge >= 0.3 is 0 Å². The van der Waals surface area contributed by atoms with Crippen LogP contribution in [0.4, 0.5) is 0 Å². The maximum atomic E-state index is 10.0. The first-order valence-electron chi connectivity index (χ1n) is 3.00. The van der Waals surface area contributed by atoms with Gasteiger partial charge in [0.1, 0.15) is 6.29 Å². The lowest BCUT2D eigenvalue weighted by molar-refractivity contribution is -0.109. The molecule has 1 aliphatic heterocycles. The minimum absolute atomic E-state index is 0.316. The molecular formula is C5H10N4O. The van der Waals surface area contributed by atoms with Crippen molar-refractivity contribution in [3.8, 4) is 0 Å². The van der Waals surface area contributed by atoms with Crippen molar-refractivity contribution in [2.24, 2.45) is 5.73 Å². The van der Waals surface area contributed by atoms with E-state index in [1.165, 1.54) is 0 Å². The minimum atomic E-state index is 0.316. The van der Waals surface area contributed by atoms with Crippen molar-refractivity contribution < 1.29 is 4.79 Å². The second kappa shape index (κ2) is 3.19. The molecule has 0 aromatic carbocycles. The van der Waals surface area contributed by atoms with Gasteiger partial charge in [-0.2, -0.15) is 0 Å². The molecule has 4 N–H and O–H groups in total. The highest BCUT2D eigenvalue weighted by molar-refractivity contribution is 5.52. The Balaban J connectivity index is 2.45. The summed E-state index contributed by atoms with van der Waals surface area (Å²) in [6, 6.07) is 0. The highest BCUT2D eigenvalue weighted by Crippen LogP contribution is 1.99. The summed E-state index contributed by atoms with van der Waals surface area (Å²) in [6.07, 6.45) is 2.53. The summed E-state index contributed by atoms with van der Waals surface area (Å²) in [6.45, 7) is 0.740. The van der Waals surface area contributed by atoms with Crippen molar-refractivity contribution in [2.45, 2.75) is 0 Å². The Kier molecular flexibility index (Phi) is 2.24. The van der Waals surface area contributed by atoms with Gasteiger partial charge in [-0.15, -0.1) is 5.53 Å². The Morgan fingerprint density at radius 2 is 2.60 bits per heavy atom. The van der Waals surface area contributed by atoms with Gasteiger partial charge in [-0.1, -0.05) is 0 Å². The van der Waals surface area contributed by atoms with Crippen LogP contribution in [-0.2, 0) is 4.79 Å². The van der Waals surface area contributed by atoms with Gasteiger partial charge in [0.25, 0.3) is 0 Å². The third kappa shape index (κ3) is 1.26. The fourth-order valence-corrected chi connectivity index (χ4v) is 0.750. The lowest BCUT2D eigenvalue weighted by Gasteiger charge is -2.16. The summed E-state index contributed by atoms with van der Waals surface area (Å²) < 4.78 is 0. The summed E-state index contributed by atoms with van der Waals surface area (Å²) in [5.41, 5.74) is 11.7. The fraction of sp³-hybridized carbons (Fsp3) is 0.400. The number of rotatable bonds is 3. The maximum absolute atomic E-state index is 10.0. The topological polar surface area (TPSA) is 70.4 Å². The fourth-order valence-electron chi connectivity index (χ4n) is 0.750. The predicted molar refractivity (Wildman–Crippen MR) is 36.2 cm³/mol. The number of hydrogen-bond donors (Lipinski definition) is 3. The number of nitrogens with zero attached hydrogens (tertiary/aromatic N) is 1. The Morgan fingerprint density at radius 3 is 3.20 bits per heavy atom. The molecule has 1 heterocycles. The third-order valence-electron chi connectivity index (χ3n) is 1.25. The second-order valence-electron chi connectivity index (χ2n) is 1.87. The summed E-state index contributed by atoms with van der Waals surface area (Å²) >= 11 is 0. The summed E-state index contributed by atoms with van der Waals surface area (Å²) in [5.74, 6) is 0. The van der Waals surface area contributed by atoms with Gasteiger partial charge in [-0.25, -0.2) is 0 Å². The van der Waals surface area contributed by atoms with Crippen LogP contribution in [0.15, 0.2) is 11.9 Å². The smallest absolute Gasteiger partial charge is 0.140 e. The Hall–Kier alpha value is -1.07. The maximum Gasteiger partial charge on any atom is 0.140 e. The molecule has 5 nitrogen and oxygen atoms in total. The van der Waals surface area contributed by atoms with E-state index >= 15 is 0 Å². The first kappa shape index (κ1) is 7.04. The molecule has 0 unspecified atom stereocenters. The number of carbonyl (C=O) groups is 1. The molecule has 0 spiro atoms. The quantitative estimate of drug-likeness (QED) is 0.410. The average Bonchev–Trinajstić information content (AvgIpc) is 2.36. The minimum Gasteiger partial charge on any atom is -0.325 e. The molecule has 0 bridgehead atoms. The predicted octanol–water partition coefficient (Wildman–Crippen LogP) is -1.69. The lowest BCUT2D eigenvalue weighted by atomic mass is 10.4. The van der Waals surface area contributed by atoms with E-state index in [0.29, 0.717) is 13.1 Å². The van der Waals surface area contributed by atoms with Gasteiger partial charge in [0, 0.05) is 12.7 Å². The van der Waals surface area contributed by atoms with E-state index in [-0.39, 0.29) is 0 Å². The van der Waals surface area contributed by atoms with E-state index in [1.807, 2.05) is 0 Å². The molecule has 0 amide bonds. The second-order valence-corrected chi connectivity index (χ2v) is 1.87. The summed E-state index contributed by atoms with van der Waals surface area (Å²) in [7, 11) is 0. The Labute approximate surface area is 58.8 Å². The Bertz CT molecular complexity index is 156. The number of nitrogens with one attached hydrogen (secondary N) is 2. The molecule has 0 aromatic rings. The van der Waals surface area contributed by atoms with Crippen LogP contribution in [-0.4, -0.2) is 24.4 Å². The SMILES string of the molecule is NCC1=CNNN1CC=O. The molecule has 0 aliphatic carbocycles. The van der Waals surface area contributed by atoms with Crippen LogP contribution < -0.4 is 16.7 Å². The molecule has 0 fully saturated rings. The zero-order valence-corrected chi connectivity index (χ0v) is 5.50. The van der Waals surface area contributed by atoms with Crippen molar-refractivity contribution in [1.29, 1.82) is 0 Å². The average molecular weight is 142 g/mol. The van der Waals surface area contributed by atoms with Crippen molar-refractivity contribution in [3.63, 3.8) is 0 Å². The van der Waals surface area contributed by atoms with Crippen LogP contribution >= 0.6 is 0 Å². The molecule has 0 atom stereocenters. The summed E-state index contributed by atoms with van der Waals surface area (Å²) in [5, 5.41) is 1.65. The number of aldehydes is 1. The zero-order valence-electron chi connectivity index (χ0n) is 5.50. The van der Waals surface area contributed by atoms with Crippen LogP contribution in [0.3, 0.4) is 0 Å². The van der Waals surface area contributed by atoms with Crippen LogP contribution in [0.25, 0.3) is 0 Å². The zero-order chi connectivity index (χ0) is 7.40. The molecule has 1 aliphatic rings. The molecule has 0 aromatic heterocycles. The number of hydrogen-bond acceptors (Lipinski definition) is 5. The van der Waals surface area contributed by atoms with E-state index in [0.717, 1.165) is 12.0 Å². The van der Waals surface area contributed by atoms with Crippen molar-refractivity contribution in [3.05, 3.63) is 11.9 Å². The van der Waals surface area contributed by atoms with Crippen molar-refractivity contribution in [1.82, 2.24) is 16.0 Å². The van der Waals surface area contributed by atoms with Gasteiger partial charge < -0.3 is 16.0 Å². The normalized spacial score (nSPS) is 16.5. The van der Waals surface area contributed by atoms with Gasteiger partial charge in [-0.3, -0.25) is 5.01 Å². The van der Waals surface area contributed by atoms with Crippen molar-refractivity contribution >= 4 is 6.29 Å². The Morgan fingerprint density at radius 1 is 1.80 bits per heavy atom. The molecule has 0 radical (unpaired) electrons. The molecule has 0 saturated heterocycles. The van der Waals surface area contributed by atoms with E-state index < -0.39 is 0 Å². The summed E-state index contributed by atoms with van der Waals surface area (Å²) in [4.78, 5) is 10.0. The lowest BCUT2D eigenvalue weighted by Crippen LogP contribution is -2.39. The van der Waals surface area contributed by atoms with Gasteiger partial charge in [0.2, 0.25) is 0 Å². The molecule has 10 heavy (non-hydrogen) atoms. The monoisotopic (exact) mass is 142 g/mol. The standard InChI is InChI=1S/C5H10N4O/c6-3-5-4-7-8-9(5)1-2-10/h2,4,7-8H,1,3,6H2. The van der Waals surface area contributed by atoms with E-state index in [2.05, 4.69) is 11.0 Å². The molecule has 5 heteroatoms. The molecule has 0 saturated carbocycles. The first-order chi connectivity index (χ1) is 4.88. The number of carbonyl (C=O) groups excluding carboxylic acids is 1. The van der Waals surface area contributed by atoms with E-state index in [4.69, 9.17) is 5.73 Å². The molecular weight excluding hydrogens is 132 g/mol. The van der Waals surface area contributed by atoms with Crippen LogP contribution in [0.5, 0.6) is 0 Å². The molecule has 1 rings (SSSR count). The van der Waals surface area contributed by atoms with Gasteiger partial charge in [0.05, 0.1) is 12.2 Å². The highest BCUT2D eigenvalue weighted by Gasteiger charge is 2.10.